The monoisotopic (exact) mass is 638 g/mol. The third-order valence-corrected chi connectivity index (χ3v) is 10.1. The summed E-state index contributed by atoms with van der Waals surface area (Å²) in [6, 6.07) is 64.5. The Morgan fingerprint density at radius 1 is 0.380 bits per heavy atom. The van der Waals surface area contributed by atoms with E-state index >= 15 is 0 Å². The van der Waals surface area contributed by atoms with Gasteiger partial charge in [0.1, 0.15) is 0 Å². The summed E-state index contributed by atoms with van der Waals surface area (Å²) in [7, 11) is 0. The topological polar surface area (TPSA) is 43.6 Å². The van der Waals surface area contributed by atoms with E-state index in [-0.39, 0.29) is 0 Å². The minimum absolute atomic E-state index is 0.616. The van der Waals surface area contributed by atoms with Crippen LogP contribution in [0.15, 0.2) is 182 Å². The third kappa shape index (κ3) is 4.15. The highest BCUT2D eigenvalue weighted by molar-refractivity contribution is 6.12. The van der Waals surface area contributed by atoms with Gasteiger partial charge in [-0.15, -0.1) is 0 Å². The first-order valence-electron chi connectivity index (χ1n) is 17.0. The molecule has 0 aliphatic carbocycles. The molecule has 0 radical (unpaired) electrons. The van der Waals surface area contributed by atoms with Crippen molar-refractivity contribution in [2.45, 2.75) is 5.41 Å². The second-order valence-corrected chi connectivity index (χ2v) is 12.8. The fourth-order valence-corrected chi connectivity index (χ4v) is 8.01. The van der Waals surface area contributed by atoms with Crippen LogP contribution >= 0.6 is 0 Å². The van der Waals surface area contributed by atoms with E-state index in [2.05, 4.69) is 126 Å². The summed E-state index contributed by atoms with van der Waals surface area (Å²) in [5, 5.41) is 2.50. The molecule has 7 aromatic carbocycles. The van der Waals surface area contributed by atoms with Crippen LogP contribution < -0.4 is 0 Å². The molecule has 1 aliphatic heterocycles. The van der Waals surface area contributed by atoms with E-state index in [0.717, 1.165) is 22.3 Å². The van der Waals surface area contributed by atoms with E-state index in [1.54, 1.807) is 0 Å². The van der Waals surface area contributed by atoms with E-state index in [9.17, 15) is 0 Å². The first-order valence-corrected chi connectivity index (χ1v) is 17.0. The zero-order valence-corrected chi connectivity index (χ0v) is 27.1. The van der Waals surface area contributed by atoms with Gasteiger partial charge >= 0.3 is 0 Å². The minimum Gasteiger partial charge on any atom is -0.309 e. The second-order valence-electron chi connectivity index (χ2n) is 12.8. The van der Waals surface area contributed by atoms with Gasteiger partial charge in [-0.3, -0.25) is 0 Å². The molecule has 2 aromatic heterocycles. The van der Waals surface area contributed by atoms with Crippen LogP contribution in [0.3, 0.4) is 0 Å². The first kappa shape index (κ1) is 28.4. The molecule has 0 bridgehead atoms. The van der Waals surface area contributed by atoms with Crippen LogP contribution in [0.25, 0.3) is 61.7 Å². The molecule has 10 rings (SSSR count). The van der Waals surface area contributed by atoms with Crippen LogP contribution in [-0.2, 0) is 5.41 Å². The Balaban J connectivity index is 1.28. The van der Waals surface area contributed by atoms with Crippen molar-refractivity contribution in [2.75, 3.05) is 0 Å². The molecule has 0 saturated carbocycles. The van der Waals surface area contributed by atoms with Crippen molar-refractivity contribution in [3.05, 3.63) is 204 Å². The molecule has 1 aliphatic rings. The summed E-state index contributed by atoms with van der Waals surface area (Å²) in [6.45, 7) is 0. The molecule has 0 fully saturated rings. The number of rotatable bonds is 5. The van der Waals surface area contributed by atoms with Crippen LogP contribution in [-0.4, -0.2) is 19.5 Å². The molecule has 4 heteroatoms. The Morgan fingerprint density at radius 2 is 0.880 bits per heavy atom. The number of hydrogen-bond donors (Lipinski definition) is 0. The SMILES string of the molecule is c1ccc(-c2nc(-c3ccccc3)nc(-c3cccc(C4(c5ccccc5)c5ccccc5-n5c6ccccc6c6cccc4c65)c3)n2)cc1. The summed E-state index contributed by atoms with van der Waals surface area (Å²) in [6.07, 6.45) is 0. The van der Waals surface area contributed by atoms with Gasteiger partial charge < -0.3 is 4.57 Å². The fraction of sp³-hybridized carbons (Fsp3) is 0.0217. The standard InChI is InChI=1S/C46H30N4/c1-4-16-31(17-5-1)43-47-44(32-18-6-2-7-19-32)49-45(48-43)33-20-14-23-35(30-33)46(34-21-8-3-9-22-34)38-26-11-13-29-41(38)50-40-28-12-10-24-36(40)37-25-15-27-39(46)42(37)50/h1-30H. The summed E-state index contributed by atoms with van der Waals surface area (Å²) < 4.78 is 2.46. The van der Waals surface area contributed by atoms with Gasteiger partial charge in [-0.2, -0.15) is 0 Å². The molecule has 0 saturated heterocycles. The molecule has 234 valence electrons. The fourth-order valence-electron chi connectivity index (χ4n) is 8.01. The third-order valence-electron chi connectivity index (χ3n) is 10.1. The Labute approximate surface area is 290 Å². The van der Waals surface area contributed by atoms with Crippen molar-refractivity contribution in [3.8, 4) is 39.9 Å². The van der Waals surface area contributed by atoms with Gasteiger partial charge in [0.05, 0.1) is 22.1 Å². The lowest BCUT2D eigenvalue weighted by Crippen LogP contribution is -2.35. The van der Waals surface area contributed by atoms with Crippen molar-refractivity contribution in [2.24, 2.45) is 0 Å². The van der Waals surface area contributed by atoms with Crippen LogP contribution in [0.2, 0.25) is 0 Å². The molecule has 1 atom stereocenters. The largest absolute Gasteiger partial charge is 0.309 e. The van der Waals surface area contributed by atoms with Gasteiger partial charge in [-0.05, 0) is 40.5 Å². The molecule has 50 heavy (non-hydrogen) atoms. The molecule has 0 spiro atoms. The van der Waals surface area contributed by atoms with Crippen molar-refractivity contribution >= 4 is 21.8 Å². The Kier molecular flexibility index (Phi) is 6.36. The van der Waals surface area contributed by atoms with Crippen LogP contribution in [0.5, 0.6) is 0 Å². The number of nitrogens with zero attached hydrogens (tertiary/aromatic N) is 4. The average Bonchev–Trinajstić information content (AvgIpc) is 3.55. The lowest BCUT2D eigenvalue weighted by atomic mass is 9.63. The Hall–Kier alpha value is -6.65. The van der Waals surface area contributed by atoms with Crippen molar-refractivity contribution in [1.29, 1.82) is 0 Å². The summed E-state index contributed by atoms with van der Waals surface area (Å²) in [5.41, 5.74) is 10.7. The number of aromatic nitrogens is 4. The molecule has 9 aromatic rings. The summed E-state index contributed by atoms with van der Waals surface area (Å²) in [5.74, 6) is 1.93. The summed E-state index contributed by atoms with van der Waals surface area (Å²) in [4.78, 5) is 15.2. The summed E-state index contributed by atoms with van der Waals surface area (Å²) >= 11 is 0. The average molecular weight is 639 g/mol. The zero-order chi connectivity index (χ0) is 33.1. The van der Waals surface area contributed by atoms with Crippen molar-refractivity contribution in [3.63, 3.8) is 0 Å². The van der Waals surface area contributed by atoms with Gasteiger partial charge in [-0.1, -0.05) is 164 Å². The molecule has 0 amide bonds. The van der Waals surface area contributed by atoms with Gasteiger partial charge in [0.2, 0.25) is 0 Å². The number of fused-ring (bicyclic) bond motifs is 5. The Bertz CT molecular complexity index is 2640. The number of hydrogen-bond acceptors (Lipinski definition) is 3. The minimum atomic E-state index is -0.616. The highest BCUT2D eigenvalue weighted by Gasteiger charge is 2.45. The number of benzene rings is 7. The molecule has 3 heterocycles. The molecular weight excluding hydrogens is 609 g/mol. The van der Waals surface area contributed by atoms with E-state index in [1.807, 2.05) is 60.7 Å². The van der Waals surface area contributed by atoms with E-state index < -0.39 is 5.41 Å². The maximum Gasteiger partial charge on any atom is 0.164 e. The lowest BCUT2D eigenvalue weighted by Gasteiger charge is -2.41. The lowest BCUT2D eigenvalue weighted by molar-refractivity contribution is 0.728. The predicted molar refractivity (Wildman–Crippen MR) is 202 cm³/mol. The van der Waals surface area contributed by atoms with E-state index in [1.165, 1.54) is 44.2 Å². The molecule has 0 N–H and O–H groups in total. The zero-order valence-electron chi connectivity index (χ0n) is 27.1. The molecule has 1 unspecified atom stereocenters. The highest BCUT2D eigenvalue weighted by atomic mass is 15.0. The first-order chi connectivity index (χ1) is 24.8. The maximum absolute atomic E-state index is 5.10. The molecular formula is C46H30N4. The van der Waals surface area contributed by atoms with Crippen LogP contribution in [0, 0.1) is 0 Å². The van der Waals surface area contributed by atoms with Crippen molar-refractivity contribution in [1.82, 2.24) is 19.5 Å². The Morgan fingerprint density at radius 3 is 1.60 bits per heavy atom. The number of para-hydroxylation sites is 3. The maximum atomic E-state index is 5.10. The molecule has 4 nitrogen and oxygen atoms in total. The smallest absolute Gasteiger partial charge is 0.164 e. The van der Waals surface area contributed by atoms with Gasteiger partial charge in [0, 0.05) is 27.5 Å². The van der Waals surface area contributed by atoms with Crippen LogP contribution in [0.1, 0.15) is 22.3 Å². The van der Waals surface area contributed by atoms with Crippen molar-refractivity contribution < 1.29 is 0 Å². The van der Waals surface area contributed by atoms with Crippen LogP contribution in [0.4, 0.5) is 0 Å². The van der Waals surface area contributed by atoms with Gasteiger partial charge in [0.15, 0.2) is 17.5 Å². The van der Waals surface area contributed by atoms with Gasteiger partial charge in [0.25, 0.3) is 0 Å². The highest BCUT2D eigenvalue weighted by Crippen LogP contribution is 2.54. The predicted octanol–water partition coefficient (Wildman–Crippen LogP) is 10.7. The van der Waals surface area contributed by atoms with E-state index in [0.29, 0.717) is 17.5 Å². The van der Waals surface area contributed by atoms with Gasteiger partial charge in [-0.25, -0.2) is 15.0 Å². The van der Waals surface area contributed by atoms with E-state index in [4.69, 9.17) is 15.0 Å². The normalized spacial score (nSPS) is 14.9. The second kappa shape index (κ2) is 11.2. The quantitative estimate of drug-likeness (QED) is 0.188.